The van der Waals surface area contributed by atoms with Gasteiger partial charge in [0.15, 0.2) is 5.13 Å². The number of carbonyl (C=O) groups excluding carboxylic acids is 1. The van der Waals surface area contributed by atoms with Crippen molar-refractivity contribution in [3.8, 4) is 0 Å². The highest BCUT2D eigenvalue weighted by Crippen LogP contribution is 2.32. The van der Waals surface area contributed by atoms with Crippen LogP contribution < -0.4 is 4.90 Å². The highest BCUT2D eigenvalue weighted by molar-refractivity contribution is 7.22. The van der Waals surface area contributed by atoms with Gasteiger partial charge in [0.1, 0.15) is 0 Å². The van der Waals surface area contributed by atoms with Crippen LogP contribution in [0.3, 0.4) is 0 Å². The molecule has 0 unspecified atom stereocenters. The van der Waals surface area contributed by atoms with E-state index in [2.05, 4.69) is 37.0 Å². The highest BCUT2D eigenvalue weighted by atomic mass is 32.1. The molecule has 1 saturated heterocycles. The number of thiazole rings is 1. The summed E-state index contributed by atoms with van der Waals surface area (Å²) in [6.07, 6.45) is 7.99. The fourth-order valence-electron chi connectivity index (χ4n) is 3.60. The lowest BCUT2D eigenvalue weighted by Crippen LogP contribution is -2.45. The van der Waals surface area contributed by atoms with Gasteiger partial charge in [-0.3, -0.25) is 9.88 Å². The van der Waals surface area contributed by atoms with Crippen molar-refractivity contribution in [3.05, 3.63) is 53.3 Å². The SMILES string of the molecule is CCc1ccc2nc(N(Cc3cnccc3C)C(=O)N3CCCCC3)sc2c1. The molecule has 0 bridgehead atoms. The van der Waals surface area contributed by atoms with Crippen LogP contribution >= 0.6 is 11.3 Å². The Kier molecular flexibility index (Phi) is 5.57. The molecule has 146 valence electrons. The van der Waals surface area contributed by atoms with Crippen LogP contribution in [0.25, 0.3) is 10.2 Å². The van der Waals surface area contributed by atoms with Gasteiger partial charge in [-0.25, -0.2) is 9.78 Å². The Labute approximate surface area is 170 Å². The third-order valence-electron chi connectivity index (χ3n) is 5.41. The molecule has 5 nitrogen and oxygen atoms in total. The number of urea groups is 1. The zero-order valence-corrected chi connectivity index (χ0v) is 17.3. The van der Waals surface area contributed by atoms with Gasteiger partial charge in [0.05, 0.1) is 16.8 Å². The first-order valence-electron chi connectivity index (χ1n) is 10.0. The molecule has 0 radical (unpaired) electrons. The van der Waals surface area contributed by atoms with Crippen LogP contribution in [0.15, 0.2) is 36.7 Å². The molecule has 0 saturated carbocycles. The van der Waals surface area contributed by atoms with Crippen molar-refractivity contribution < 1.29 is 4.79 Å². The molecule has 2 amide bonds. The van der Waals surface area contributed by atoms with E-state index in [1.807, 2.05) is 22.1 Å². The number of carbonyl (C=O) groups is 1. The average Bonchev–Trinajstić information content (AvgIpc) is 3.16. The molecule has 4 rings (SSSR count). The van der Waals surface area contributed by atoms with E-state index in [-0.39, 0.29) is 6.03 Å². The molecule has 0 spiro atoms. The minimum absolute atomic E-state index is 0.0534. The molecule has 1 fully saturated rings. The fourth-order valence-corrected chi connectivity index (χ4v) is 4.62. The third-order valence-corrected chi connectivity index (χ3v) is 6.46. The summed E-state index contributed by atoms with van der Waals surface area (Å²) < 4.78 is 1.13. The molecule has 3 heterocycles. The van der Waals surface area contributed by atoms with Crippen LogP contribution in [0.4, 0.5) is 9.93 Å². The summed E-state index contributed by atoms with van der Waals surface area (Å²) in [6, 6.07) is 8.42. The maximum atomic E-state index is 13.4. The van der Waals surface area contributed by atoms with Crippen molar-refractivity contribution in [2.75, 3.05) is 18.0 Å². The summed E-state index contributed by atoms with van der Waals surface area (Å²) in [5, 5.41) is 0.766. The first-order valence-corrected chi connectivity index (χ1v) is 10.8. The van der Waals surface area contributed by atoms with Crippen molar-refractivity contribution in [3.63, 3.8) is 0 Å². The van der Waals surface area contributed by atoms with Gasteiger partial charge in [-0.2, -0.15) is 0 Å². The predicted octanol–water partition coefficient (Wildman–Crippen LogP) is 5.17. The Morgan fingerprint density at radius 1 is 1.21 bits per heavy atom. The molecule has 3 aromatic rings. The lowest BCUT2D eigenvalue weighted by molar-refractivity contribution is 0.192. The number of hydrogen-bond acceptors (Lipinski definition) is 4. The van der Waals surface area contributed by atoms with Crippen molar-refractivity contribution >= 4 is 32.7 Å². The first-order chi connectivity index (χ1) is 13.7. The molecular formula is C22H26N4OS. The third kappa shape index (κ3) is 3.87. The molecule has 6 heteroatoms. The lowest BCUT2D eigenvalue weighted by Gasteiger charge is -2.32. The summed E-state index contributed by atoms with van der Waals surface area (Å²) in [4.78, 5) is 26.3. The number of amides is 2. The van der Waals surface area contributed by atoms with Crippen LogP contribution in [-0.2, 0) is 13.0 Å². The quantitative estimate of drug-likeness (QED) is 0.613. The second-order valence-corrected chi connectivity index (χ2v) is 8.38. The Balaban J connectivity index is 1.71. The number of pyridine rings is 1. The molecule has 0 atom stereocenters. The predicted molar refractivity (Wildman–Crippen MR) is 115 cm³/mol. The smallest absolute Gasteiger partial charge is 0.324 e. The number of hydrogen-bond donors (Lipinski definition) is 0. The Bertz CT molecular complexity index is 978. The van der Waals surface area contributed by atoms with Crippen LogP contribution in [0, 0.1) is 6.92 Å². The van der Waals surface area contributed by atoms with Gasteiger partial charge in [-0.05, 0) is 67.5 Å². The van der Waals surface area contributed by atoms with E-state index in [4.69, 9.17) is 4.98 Å². The van der Waals surface area contributed by atoms with Crippen LogP contribution in [0.1, 0.15) is 42.9 Å². The summed E-state index contributed by atoms with van der Waals surface area (Å²) >= 11 is 1.60. The van der Waals surface area contributed by atoms with Crippen LogP contribution in [-0.4, -0.2) is 34.0 Å². The monoisotopic (exact) mass is 394 g/mol. The Morgan fingerprint density at radius 3 is 2.79 bits per heavy atom. The summed E-state index contributed by atoms with van der Waals surface area (Å²) in [7, 11) is 0. The van der Waals surface area contributed by atoms with Crippen molar-refractivity contribution in [2.45, 2.75) is 46.1 Å². The van der Waals surface area contributed by atoms with Crippen molar-refractivity contribution in [1.82, 2.24) is 14.9 Å². The van der Waals surface area contributed by atoms with E-state index >= 15 is 0 Å². The van der Waals surface area contributed by atoms with Gasteiger partial charge in [0, 0.05) is 25.5 Å². The van der Waals surface area contributed by atoms with E-state index in [0.29, 0.717) is 6.54 Å². The summed E-state index contributed by atoms with van der Waals surface area (Å²) in [5.41, 5.74) is 4.44. The number of benzene rings is 1. The topological polar surface area (TPSA) is 49.3 Å². The zero-order chi connectivity index (χ0) is 19.5. The zero-order valence-electron chi connectivity index (χ0n) is 16.5. The van der Waals surface area contributed by atoms with Gasteiger partial charge >= 0.3 is 6.03 Å². The lowest BCUT2D eigenvalue weighted by atomic mass is 10.1. The van der Waals surface area contributed by atoms with E-state index in [1.165, 1.54) is 12.0 Å². The number of likely N-dealkylation sites (tertiary alicyclic amines) is 1. The number of nitrogens with zero attached hydrogens (tertiary/aromatic N) is 4. The van der Waals surface area contributed by atoms with Crippen molar-refractivity contribution in [2.24, 2.45) is 0 Å². The average molecular weight is 395 g/mol. The molecule has 1 aromatic carbocycles. The maximum absolute atomic E-state index is 13.4. The summed E-state index contributed by atoms with van der Waals surface area (Å²) in [6.45, 7) is 6.36. The number of aromatic nitrogens is 2. The minimum Gasteiger partial charge on any atom is -0.324 e. The first kappa shape index (κ1) is 18.9. The molecule has 1 aliphatic heterocycles. The molecule has 2 aromatic heterocycles. The second-order valence-electron chi connectivity index (χ2n) is 7.37. The van der Waals surface area contributed by atoms with Gasteiger partial charge in [0.25, 0.3) is 0 Å². The van der Waals surface area contributed by atoms with E-state index in [0.717, 1.165) is 58.8 Å². The minimum atomic E-state index is 0.0534. The van der Waals surface area contributed by atoms with Crippen molar-refractivity contribution in [1.29, 1.82) is 0 Å². The number of aryl methyl sites for hydroxylation is 2. The molecule has 0 aliphatic carbocycles. The largest absolute Gasteiger partial charge is 0.326 e. The van der Waals surface area contributed by atoms with E-state index < -0.39 is 0 Å². The van der Waals surface area contributed by atoms with Crippen LogP contribution in [0.5, 0.6) is 0 Å². The van der Waals surface area contributed by atoms with Crippen LogP contribution in [0.2, 0.25) is 0 Å². The fraction of sp³-hybridized carbons (Fsp3) is 0.409. The van der Waals surface area contributed by atoms with Gasteiger partial charge in [-0.1, -0.05) is 24.3 Å². The molecular weight excluding hydrogens is 368 g/mol. The highest BCUT2D eigenvalue weighted by Gasteiger charge is 2.27. The van der Waals surface area contributed by atoms with E-state index in [9.17, 15) is 4.79 Å². The summed E-state index contributed by atoms with van der Waals surface area (Å²) in [5.74, 6) is 0. The van der Waals surface area contributed by atoms with E-state index in [1.54, 1.807) is 17.5 Å². The normalized spacial score (nSPS) is 14.4. The number of fused-ring (bicyclic) bond motifs is 1. The molecule has 0 N–H and O–H groups in total. The molecule has 1 aliphatic rings. The van der Waals surface area contributed by atoms with Gasteiger partial charge in [0.2, 0.25) is 0 Å². The van der Waals surface area contributed by atoms with Gasteiger partial charge in [-0.15, -0.1) is 0 Å². The number of rotatable bonds is 4. The maximum Gasteiger partial charge on any atom is 0.326 e. The second kappa shape index (κ2) is 8.27. The number of piperidine rings is 1. The van der Waals surface area contributed by atoms with Gasteiger partial charge < -0.3 is 4.90 Å². The number of anilines is 1. The molecule has 28 heavy (non-hydrogen) atoms. The Hall–Kier alpha value is -2.47. The standard InChI is InChI=1S/C22H26N4OS/c1-3-17-7-8-19-20(13-17)28-21(24-19)26(15-18-14-23-10-9-16(18)2)22(27)25-11-5-4-6-12-25/h7-10,13-14H,3-6,11-12,15H2,1-2H3. The Morgan fingerprint density at radius 2 is 2.04 bits per heavy atom.